The summed E-state index contributed by atoms with van der Waals surface area (Å²) in [5, 5.41) is 0. The second-order valence-corrected chi connectivity index (χ2v) is 3.92. The number of aromatic nitrogens is 1. The van der Waals surface area contributed by atoms with Crippen LogP contribution in [0.3, 0.4) is 0 Å². The first-order valence-corrected chi connectivity index (χ1v) is 5.04. The first-order chi connectivity index (χ1) is 6.90. The predicted octanol–water partition coefficient (Wildman–Crippen LogP) is 1.68. The van der Waals surface area contributed by atoms with Crippen LogP contribution in [0.1, 0.15) is 0 Å². The fourth-order valence-corrected chi connectivity index (χ4v) is 1.51. The highest BCUT2D eigenvalue weighted by Gasteiger charge is 2.27. The molecule has 0 fully saturated rings. The molecule has 0 aliphatic heterocycles. The van der Waals surface area contributed by atoms with E-state index in [0.29, 0.717) is 0 Å². The summed E-state index contributed by atoms with van der Waals surface area (Å²) in [4.78, 5) is 11.3. The molecule has 0 saturated heterocycles. The van der Waals surface area contributed by atoms with E-state index in [1.165, 1.54) is 18.3 Å². The van der Waals surface area contributed by atoms with Crippen molar-refractivity contribution in [3.63, 3.8) is 0 Å². The standard InChI is InChI=1S/C8H9F3N2OS/c9-8(10,11)15-5-4-13-3-1-2-6(12)7(13)14/h1-3H,4-5,12H2. The number of hydrogen-bond acceptors (Lipinski definition) is 3. The lowest BCUT2D eigenvalue weighted by Gasteiger charge is -2.07. The van der Waals surface area contributed by atoms with Gasteiger partial charge in [0.25, 0.3) is 5.56 Å². The molecule has 2 N–H and O–H groups in total. The Morgan fingerprint density at radius 2 is 2.13 bits per heavy atom. The number of nitrogens with zero attached hydrogens (tertiary/aromatic N) is 1. The summed E-state index contributed by atoms with van der Waals surface area (Å²) >= 11 is -0.158. The molecule has 0 spiro atoms. The zero-order valence-electron chi connectivity index (χ0n) is 7.62. The van der Waals surface area contributed by atoms with E-state index in [-0.39, 0.29) is 29.7 Å². The van der Waals surface area contributed by atoms with E-state index in [1.807, 2.05) is 0 Å². The number of thioether (sulfide) groups is 1. The van der Waals surface area contributed by atoms with E-state index in [2.05, 4.69) is 0 Å². The second kappa shape index (κ2) is 4.61. The van der Waals surface area contributed by atoms with Crippen molar-refractivity contribution in [2.45, 2.75) is 12.1 Å². The van der Waals surface area contributed by atoms with Crippen molar-refractivity contribution >= 4 is 17.4 Å². The summed E-state index contributed by atoms with van der Waals surface area (Å²) in [5.74, 6) is -0.202. The van der Waals surface area contributed by atoms with Crippen molar-refractivity contribution in [2.75, 3.05) is 11.5 Å². The van der Waals surface area contributed by atoms with E-state index >= 15 is 0 Å². The van der Waals surface area contributed by atoms with E-state index in [4.69, 9.17) is 5.73 Å². The van der Waals surface area contributed by atoms with Crippen molar-refractivity contribution in [1.82, 2.24) is 4.57 Å². The maximum Gasteiger partial charge on any atom is 0.441 e. The fraction of sp³-hybridized carbons (Fsp3) is 0.375. The average Bonchev–Trinajstić information content (AvgIpc) is 2.10. The molecule has 0 aliphatic carbocycles. The zero-order valence-corrected chi connectivity index (χ0v) is 8.44. The molecule has 15 heavy (non-hydrogen) atoms. The van der Waals surface area contributed by atoms with Gasteiger partial charge in [-0.25, -0.2) is 0 Å². The number of rotatable bonds is 3. The van der Waals surface area contributed by atoms with Gasteiger partial charge in [0.2, 0.25) is 0 Å². The van der Waals surface area contributed by atoms with Crippen molar-refractivity contribution in [3.05, 3.63) is 28.7 Å². The molecule has 1 aromatic heterocycles. The van der Waals surface area contributed by atoms with Crippen molar-refractivity contribution < 1.29 is 13.2 Å². The SMILES string of the molecule is Nc1cccn(CCSC(F)(F)F)c1=O. The number of nitrogens with two attached hydrogens (primary N) is 1. The fourth-order valence-electron chi connectivity index (χ4n) is 0.991. The molecule has 0 aromatic carbocycles. The lowest BCUT2D eigenvalue weighted by Crippen LogP contribution is -2.23. The first kappa shape index (κ1) is 12.0. The summed E-state index contributed by atoms with van der Waals surface area (Å²) in [5.41, 5.74) is 0.634. The second-order valence-electron chi connectivity index (χ2n) is 2.76. The average molecular weight is 238 g/mol. The van der Waals surface area contributed by atoms with Gasteiger partial charge >= 0.3 is 5.51 Å². The molecule has 1 heterocycles. The third kappa shape index (κ3) is 3.86. The van der Waals surface area contributed by atoms with Gasteiger partial charge in [-0.05, 0) is 23.9 Å². The number of hydrogen-bond donors (Lipinski definition) is 1. The van der Waals surface area contributed by atoms with E-state index in [1.54, 1.807) is 0 Å². The quantitative estimate of drug-likeness (QED) is 0.871. The highest BCUT2D eigenvalue weighted by atomic mass is 32.2. The Balaban J connectivity index is 2.59. The number of aryl methyl sites for hydroxylation is 1. The highest BCUT2D eigenvalue weighted by Crippen LogP contribution is 2.29. The molecule has 0 amide bonds. The van der Waals surface area contributed by atoms with Crippen molar-refractivity contribution in [1.29, 1.82) is 0 Å². The molecule has 0 aliphatic rings. The molecule has 0 atom stereocenters. The lowest BCUT2D eigenvalue weighted by molar-refractivity contribution is -0.0328. The Morgan fingerprint density at radius 1 is 1.47 bits per heavy atom. The Kier molecular flexibility index (Phi) is 3.67. The van der Waals surface area contributed by atoms with Crippen LogP contribution in [0, 0.1) is 0 Å². The van der Waals surface area contributed by atoms with Gasteiger partial charge in [-0.15, -0.1) is 0 Å². The Bertz CT molecular complexity index is 388. The van der Waals surface area contributed by atoms with Crippen LogP contribution < -0.4 is 11.3 Å². The van der Waals surface area contributed by atoms with E-state index in [9.17, 15) is 18.0 Å². The van der Waals surface area contributed by atoms with Gasteiger partial charge < -0.3 is 10.3 Å². The highest BCUT2D eigenvalue weighted by molar-refractivity contribution is 8.00. The molecule has 0 unspecified atom stereocenters. The minimum Gasteiger partial charge on any atom is -0.394 e. The molecular formula is C8H9F3N2OS. The maximum atomic E-state index is 11.8. The van der Waals surface area contributed by atoms with Crippen LogP contribution in [0.25, 0.3) is 0 Å². The molecule has 0 bridgehead atoms. The minimum absolute atomic E-state index is 0.00590. The van der Waals surface area contributed by atoms with Crippen LogP contribution in [0.4, 0.5) is 18.9 Å². The maximum absolute atomic E-state index is 11.8. The topological polar surface area (TPSA) is 48.0 Å². The molecule has 1 aromatic rings. The van der Waals surface area contributed by atoms with Crippen LogP contribution in [0.2, 0.25) is 0 Å². The minimum atomic E-state index is -4.26. The number of alkyl halides is 3. The number of pyridine rings is 1. The molecule has 1 rings (SSSR count). The summed E-state index contributed by atoms with van der Waals surface area (Å²) < 4.78 is 36.5. The number of nitrogen functional groups attached to an aromatic ring is 1. The summed E-state index contributed by atoms with van der Waals surface area (Å²) in [6, 6.07) is 2.94. The summed E-state index contributed by atoms with van der Waals surface area (Å²) in [7, 11) is 0. The van der Waals surface area contributed by atoms with Gasteiger partial charge in [-0.2, -0.15) is 13.2 Å². The molecule has 84 valence electrons. The van der Waals surface area contributed by atoms with Gasteiger partial charge in [-0.3, -0.25) is 4.79 Å². The Labute approximate surface area is 88.1 Å². The number of halogens is 3. The lowest BCUT2D eigenvalue weighted by atomic mass is 10.4. The summed E-state index contributed by atoms with van der Waals surface area (Å²) in [6.07, 6.45) is 1.41. The Morgan fingerprint density at radius 3 is 2.73 bits per heavy atom. The monoisotopic (exact) mass is 238 g/mol. The van der Waals surface area contributed by atoms with Crippen LogP contribution in [-0.2, 0) is 6.54 Å². The zero-order chi connectivity index (χ0) is 11.5. The van der Waals surface area contributed by atoms with Gasteiger partial charge in [-0.1, -0.05) is 0 Å². The number of anilines is 1. The molecule has 7 heteroatoms. The molecule has 0 radical (unpaired) electrons. The van der Waals surface area contributed by atoms with Gasteiger partial charge in [0, 0.05) is 18.5 Å². The van der Waals surface area contributed by atoms with Crippen LogP contribution in [0.5, 0.6) is 0 Å². The van der Waals surface area contributed by atoms with Crippen LogP contribution >= 0.6 is 11.8 Å². The summed E-state index contributed by atoms with van der Waals surface area (Å²) in [6.45, 7) is -0.00590. The largest absolute Gasteiger partial charge is 0.441 e. The third-order valence-electron chi connectivity index (χ3n) is 1.65. The van der Waals surface area contributed by atoms with Crippen molar-refractivity contribution in [3.8, 4) is 0 Å². The third-order valence-corrected chi connectivity index (χ3v) is 2.36. The van der Waals surface area contributed by atoms with E-state index < -0.39 is 11.1 Å². The molecule has 0 saturated carbocycles. The van der Waals surface area contributed by atoms with E-state index in [0.717, 1.165) is 4.57 Å². The van der Waals surface area contributed by atoms with Gasteiger partial charge in [0.1, 0.15) is 0 Å². The van der Waals surface area contributed by atoms with Crippen LogP contribution in [-0.4, -0.2) is 15.8 Å². The smallest absolute Gasteiger partial charge is 0.394 e. The van der Waals surface area contributed by atoms with Crippen molar-refractivity contribution in [2.24, 2.45) is 0 Å². The van der Waals surface area contributed by atoms with Crippen LogP contribution in [0.15, 0.2) is 23.1 Å². The molecular weight excluding hydrogens is 229 g/mol. The van der Waals surface area contributed by atoms with Gasteiger partial charge in [0.05, 0.1) is 5.69 Å². The normalized spacial score (nSPS) is 11.7. The predicted molar refractivity (Wildman–Crippen MR) is 53.6 cm³/mol. The molecule has 3 nitrogen and oxygen atoms in total. The first-order valence-electron chi connectivity index (χ1n) is 4.06. The Hall–Kier alpha value is -1.11. The van der Waals surface area contributed by atoms with Gasteiger partial charge in [0.15, 0.2) is 0 Å².